The number of para-hydroxylation sites is 2. The Morgan fingerprint density at radius 1 is 1.04 bits per heavy atom. The van der Waals surface area contributed by atoms with E-state index in [0.717, 1.165) is 11.3 Å². The van der Waals surface area contributed by atoms with Crippen molar-refractivity contribution in [2.24, 2.45) is 0 Å². The molecule has 0 spiro atoms. The van der Waals surface area contributed by atoms with Gasteiger partial charge in [0.1, 0.15) is 11.1 Å². The maximum atomic E-state index is 12.4. The quantitative estimate of drug-likeness (QED) is 0.321. The highest BCUT2D eigenvalue weighted by molar-refractivity contribution is 6.07. The molecule has 4 rings (SSSR count). The van der Waals surface area contributed by atoms with E-state index in [1.807, 2.05) is 42.6 Å². The van der Waals surface area contributed by atoms with E-state index in [-0.39, 0.29) is 5.56 Å². The minimum absolute atomic E-state index is 0.00963. The Balaban J connectivity index is 1.60. The normalized spacial score (nSPS) is 11.2. The summed E-state index contributed by atoms with van der Waals surface area (Å²) in [6.45, 7) is 0. The standard InChI is InChI=1S/C21H14N2O3/c24-19(18-12-16-6-4-5-9-20(16)26-21(18)25)11-10-15-13-22-23(14-15)17-7-2-1-3-8-17/h1-14H/b11-10+. The first-order chi connectivity index (χ1) is 12.7. The zero-order valence-corrected chi connectivity index (χ0v) is 13.7. The third kappa shape index (κ3) is 3.10. The summed E-state index contributed by atoms with van der Waals surface area (Å²) in [4.78, 5) is 24.4. The minimum atomic E-state index is -0.640. The number of hydrogen-bond acceptors (Lipinski definition) is 4. The summed E-state index contributed by atoms with van der Waals surface area (Å²) in [5.74, 6) is -0.406. The Morgan fingerprint density at radius 2 is 1.81 bits per heavy atom. The van der Waals surface area contributed by atoms with Gasteiger partial charge in [-0.25, -0.2) is 9.48 Å². The molecule has 0 saturated carbocycles. The van der Waals surface area contributed by atoms with Crippen molar-refractivity contribution in [1.82, 2.24) is 9.78 Å². The van der Waals surface area contributed by atoms with Crippen LogP contribution in [0.15, 0.2) is 88.3 Å². The van der Waals surface area contributed by atoms with Gasteiger partial charge < -0.3 is 4.42 Å². The Kier molecular flexibility index (Phi) is 4.03. The zero-order valence-electron chi connectivity index (χ0n) is 13.7. The average Bonchev–Trinajstić information content (AvgIpc) is 3.15. The molecule has 0 bridgehead atoms. The lowest BCUT2D eigenvalue weighted by atomic mass is 10.1. The van der Waals surface area contributed by atoms with Crippen LogP contribution in [0, 0.1) is 0 Å². The molecule has 4 aromatic rings. The number of hydrogen-bond donors (Lipinski definition) is 0. The molecule has 0 N–H and O–H groups in total. The summed E-state index contributed by atoms with van der Waals surface area (Å²) in [5, 5.41) is 4.98. The zero-order chi connectivity index (χ0) is 17.9. The van der Waals surface area contributed by atoms with E-state index >= 15 is 0 Å². The van der Waals surface area contributed by atoms with Crippen molar-refractivity contribution in [2.45, 2.75) is 0 Å². The highest BCUT2D eigenvalue weighted by atomic mass is 16.4. The molecule has 5 heteroatoms. The largest absolute Gasteiger partial charge is 0.422 e. The fourth-order valence-electron chi connectivity index (χ4n) is 2.64. The first kappa shape index (κ1) is 15.8. The topological polar surface area (TPSA) is 65.1 Å². The summed E-state index contributed by atoms with van der Waals surface area (Å²) in [5.41, 5.74) is 1.51. The highest BCUT2D eigenvalue weighted by Crippen LogP contribution is 2.14. The van der Waals surface area contributed by atoms with Crippen LogP contribution in [0.5, 0.6) is 0 Å². The summed E-state index contributed by atoms with van der Waals surface area (Å²) >= 11 is 0. The molecule has 0 aliphatic rings. The first-order valence-corrected chi connectivity index (χ1v) is 8.06. The number of carbonyl (C=O) groups is 1. The first-order valence-electron chi connectivity index (χ1n) is 8.06. The molecule has 5 nitrogen and oxygen atoms in total. The second kappa shape index (κ2) is 6.64. The molecule has 0 aliphatic heterocycles. The molecule has 2 heterocycles. The third-order valence-electron chi connectivity index (χ3n) is 3.96. The van der Waals surface area contributed by atoms with Crippen molar-refractivity contribution < 1.29 is 9.21 Å². The van der Waals surface area contributed by atoms with Crippen LogP contribution >= 0.6 is 0 Å². The van der Waals surface area contributed by atoms with Gasteiger partial charge >= 0.3 is 5.63 Å². The number of nitrogens with zero attached hydrogens (tertiary/aromatic N) is 2. The summed E-state index contributed by atoms with van der Waals surface area (Å²) < 4.78 is 6.92. The molecule has 126 valence electrons. The number of aromatic nitrogens is 2. The van der Waals surface area contributed by atoms with Crippen molar-refractivity contribution in [1.29, 1.82) is 0 Å². The van der Waals surface area contributed by atoms with E-state index in [4.69, 9.17) is 4.42 Å². The highest BCUT2D eigenvalue weighted by Gasteiger charge is 2.11. The van der Waals surface area contributed by atoms with E-state index in [2.05, 4.69) is 5.10 Å². The fraction of sp³-hybridized carbons (Fsp3) is 0. The van der Waals surface area contributed by atoms with E-state index in [9.17, 15) is 9.59 Å². The molecule has 0 aliphatic carbocycles. The van der Waals surface area contributed by atoms with Crippen LogP contribution in [-0.2, 0) is 0 Å². The van der Waals surface area contributed by atoms with Gasteiger partial charge in [0.2, 0.25) is 0 Å². The number of fused-ring (bicyclic) bond motifs is 1. The van der Waals surface area contributed by atoms with Crippen LogP contribution in [-0.4, -0.2) is 15.6 Å². The Labute approximate surface area is 148 Å². The number of ketones is 1. The number of benzene rings is 2. The molecule has 0 saturated heterocycles. The predicted molar refractivity (Wildman–Crippen MR) is 99.4 cm³/mol. The van der Waals surface area contributed by atoms with Crippen LogP contribution in [0.2, 0.25) is 0 Å². The van der Waals surface area contributed by atoms with Gasteiger partial charge in [-0.3, -0.25) is 4.79 Å². The van der Waals surface area contributed by atoms with E-state index < -0.39 is 11.4 Å². The second-order valence-corrected chi connectivity index (χ2v) is 5.74. The summed E-state index contributed by atoms with van der Waals surface area (Å²) in [6, 6.07) is 18.3. The van der Waals surface area contributed by atoms with Gasteiger partial charge in [-0.1, -0.05) is 36.4 Å². The number of rotatable bonds is 4. The Hall–Kier alpha value is -3.73. The van der Waals surface area contributed by atoms with Crippen molar-refractivity contribution in [3.63, 3.8) is 0 Å². The van der Waals surface area contributed by atoms with Gasteiger partial charge in [-0.2, -0.15) is 5.10 Å². The summed E-state index contributed by atoms with van der Waals surface area (Å²) in [7, 11) is 0. The van der Waals surface area contributed by atoms with E-state index in [1.165, 1.54) is 6.08 Å². The lowest BCUT2D eigenvalue weighted by Crippen LogP contribution is -2.11. The molecule has 0 amide bonds. The molecular weight excluding hydrogens is 328 g/mol. The summed E-state index contributed by atoms with van der Waals surface area (Å²) in [6.07, 6.45) is 6.44. The van der Waals surface area contributed by atoms with Crippen LogP contribution in [0.3, 0.4) is 0 Å². The number of carbonyl (C=O) groups excluding carboxylic acids is 1. The molecule has 0 unspecified atom stereocenters. The monoisotopic (exact) mass is 342 g/mol. The molecule has 0 fully saturated rings. The molecule has 0 radical (unpaired) electrons. The van der Waals surface area contributed by atoms with Crippen LogP contribution in [0.1, 0.15) is 15.9 Å². The second-order valence-electron chi connectivity index (χ2n) is 5.74. The minimum Gasteiger partial charge on any atom is -0.422 e. The average molecular weight is 342 g/mol. The Bertz CT molecular complexity index is 1170. The number of allylic oxidation sites excluding steroid dienone is 1. The van der Waals surface area contributed by atoms with Gasteiger partial charge in [-0.15, -0.1) is 0 Å². The molecule has 2 aromatic heterocycles. The van der Waals surface area contributed by atoms with Crippen molar-refractivity contribution in [3.8, 4) is 5.69 Å². The van der Waals surface area contributed by atoms with E-state index in [1.54, 1.807) is 41.2 Å². The van der Waals surface area contributed by atoms with Crippen molar-refractivity contribution in [3.05, 3.63) is 101 Å². The van der Waals surface area contributed by atoms with Gasteiger partial charge in [-0.05, 0) is 36.4 Å². The van der Waals surface area contributed by atoms with Gasteiger partial charge in [0.25, 0.3) is 0 Å². The van der Waals surface area contributed by atoms with Crippen molar-refractivity contribution >= 4 is 22.8 Å². The SMILES string of the molecule is O=C(/C=C/c1cnn(-c2ccccc2)c1)c1cc2ccccc2oc1=O. The lowest BCUT2D eigenvalue weighted by Gasteiger charge is -1.99. The third-order valence-corrected chi connectivity index (χ3v) is 3.96. The maximum absolute atomic E-state index is 12.4. The lowest BCUT2D eigenvalue weighted by molar-refractivity contribution is 0.104. The molecule has 26 heavy (non-hydrogen) atoms. The molecular formula is C21H14N2O3. The predicted octanol–water partition coefficient (Wildman–Crippen LogP) is 3.87. The fourth-order valence-corrected chi connectivity index (χ4v) is 2.64. The Morgan fingerprint density at radius 3 is 2.65 bits per heavy atom. The molecule has 2 aromatic carbocycles. The van der Waals surface area contributed by atoms with Gasteiger partial charge in [0.05, 0.1) is 11.9 Å². The maximum Gasteiger partial charge on any atom is 0.347 e. The van der Waals surface area contributed by atoms with Gasteiger partial charge in [0.15, 0.2) is 5.78 Å². The van der Waals surface area contributed by atoms with Crippen molar-refractivity contribution in [2.75, 3.05) is 0 Å². The van der Waals surface area contributed by atoms with Gasteiger partial charge in [0, 0.05) is 17.1 Å². The van der Waals surface area contributed by atoms with E-state index in [0.29, 0.717) is 11.0 Å². The van der Waals surface area contributed by atoms with Crippen LogP contribution < -0.4 is 5.63 Å². The molecule has 0 atom stereocenters. The smallest absolute Gasteiger partial charge is 0.347 e. The van der Waals surface area contributed by atoms with Crippen LogP contribution in [0.4, 0.5) is 0 Å². The van der Waals surface area contributed by atoms with Crippen LogP contribution in [0.25, 0.3) is 22.7 Å².